The van der Waals surface area contributed by atoms with Gasteiger partial charge in [0.2, 0.25) is 0 Å². The van der Waals surface area contributed by atoms with Gasteiger partial charge in [0.05, 0.1) is 24.2 Å². The van der Waals surface area contributed by atoms with Crippen molar-refractivity contribution in [3.63, 3.8) is 0 Å². The number of esters is 1. The highest BCUT2D eigenvalue weighted by Gasteiger charge is 2.38. The maximum atomic E-state index is 11.2. The summed E-state index contributed by atoms with van der Waals surface area (Å²) in [5.41, 5.74) is 1.22. The molecule has 0 saturated heterocycles. The van der Waals surface area contributed by atoms with Crippen molar-refractivity contribution in [1.29, 1.82) is 5.26 Å². The molecule has 1 saturated carbocycles. The predicted molar refractivity (Wildman–Crippen MR) is 58.9 cm³/mol. The van der Waals surface area contributed by atoms with Crippen molar-refractivity contribution in [1.82, 2.24) is 0 Å². The fourth-order valence-corrected chi connectivity index (χ4v) is 2.04. The van der Waals surface area contributed by atoms with Crippen LogP contribution in [0, 0.1) is 11.3 Å². The van der Waals surface area contributed by atoms with Crippen molar-refractivity contribution in [2.75, 3.05) is 7.11 Å². The van der Waals surface area contributed by atoms with E-state index in [1.165, 1.54) is 7.11 Å². The highest BCUT2D eigenvalue weighted by Crippen LogP contribution is 2.42. The standard InChI is InChI=1S/C13H13NO2/c1-16-12(15)10-3-5-11(6-4-10)13(9-14)7-2-8-13/h3-6H,2,7-8H2,1H3. The van der Waals surface area contributed by atoms with Gasteiger partial charge in [0.15, 0.2) is 0 Å². The highest BCUT2D eigenvalue weighted by molar-refractivity contribution is 5.89. The summed E-state index contributed by atoms with van der Waals surface area (Å²) in [4.78, 5) is 11.2. The molecule has 82 valence electrons. The Morgan fingerprint density at radius 2 is 2.00 bits per heavy atom. The third-order valence-electron chi connectivity index (χ3n) is 3.28. The Kier molecular flexibility index (Phi) is 2.66. The summed E-state index contributed by atoms with van der Waals surface area (Å²) in [5.74, 6) is -0.342. The number of ether oxygens (including phenoxy) is 1. The van der Waals surface area contributed by atoms with Crippen molar-refractivity contribution >= 4 is 5.97 Å². The molecule has 1 aromatic rings. The van der Waals surface area contributed by atoms with Gasteiger partial charge in [-0.15, -0.1) is 0 Å². The van der Waals surface area contributed by atoms with Gasteiger partial charge in [-0.1, -0.05) is 12.1 Å². The van der Waals surface area contributed by atoms with Crippen LogP contribution in [0.2, 0.25) is 0 Å². The number of methoxy groups -OCH3 is 1. The molecule has 16 heavy (non-hydrogen) atoms. The van der Waals surface area contributed by atoms with Crippen LogP contribution >= 0.6 is 0 Å². The van der Waals surface area contributed by atoms with Gasteiger partial charge in [0.25, 0.3) is 0 Å². The highest BCUT2D eigenvalue weighted by atomic mass is 16.5. The van der Waals surface area contributed by atoms with Crippen LogP contribution in [-0.4, -0.2) is 13.1 Å². The molecule has 1 fully saturated rings. The molecular formula is C13H13NO2. The molecule has 1 aromatic carbocycles. The zero-order valence-electron chi connectivity index (χ0n) is 9.19. The molecule has 0 spiro atoms. The number of rotatable bonds is 2. The van der Waals surface area contributed by atoms with Crippen LogP contribution in [0.5, 0.6) is 0 Å². The van der Waals surface area contributed by atoms with Gasteiger partial charge in [-0.3, -0.25) is 0 Å². The average Bonchev–Trinajstić information content (AvgIpc) is 2.28. The molecule has 0 aromatic heterocycles. The molecule has 0 heterocycles. The lowest BCUT2D eigenvalue weighted by Crippen LogP contribution is -2.32. The van der Waals surface area contributed by atoms with Crippen LogP contribution in [0.1, 0.15) is 35.2 Å². The number of benzene rings is 1. The predicted octanol–water partition coefficient (Wildman–Crippen LogP) is 2.42. The molecule has 0 unspecified atom stereocenters. The number of nitriles is 1. The molecule has 3 heteroatoms. The van der Waals surface area contributed by atoms with Gasteiger partial charge in [0, 0.05) is 0 Å². The number of carbonyl (C=O) groups is 1. The molecular weight excluding hydrogens is 202 g/mol. The van der Waals surface area contributed by atoms with Crippen LogP contribution in [-0.2, 0) is 10.2 Å². The Morgan fingerprint density at radius 1 is 1.38 bits per heavy atom. The molecule has 1 aliphatic carbocycles. The van der Waals surface area contributed by atoms with Crippen molar-refractivity contribution in [2.24, 2.45) is 0 Å². The molecule has 1 aliphatic rings. The van der Waals surface area contributed by atoms with Crippen LogP contribution < -0.4 is 0 Å². The van der Waals surface area contributed by atoms with Gasteiger partial charge in [-0.05, 0) is 37.0 Å². The largest absolute Gasteiger partial charge is 0.465 e. The van der Waals surface area contributed by atoms with Gasteiger partial charge in [-0.2, -0.15) is 5.26 Å². The van der Waals surface area contributed by atoms with E-state index in [1.807, 2.05) is 12.1 Å². The minimum Gasteiger partial charge on any atom is -0.465 e. The van der Waals surface area contributed by atoms with E-state index in [4.69, 9.17) is 0 Å². The third-order valence-corrected chi connectivity index (χ3v) is 3.28. The summed E-state index contributed by atoms with van der Waals surface area (Å²) in [6, 6.07) is 9.53. The van der Waals surface area contributed by atoms with E-state index in [2.05, 4.69) is 10.8 Å². The molecule has 0 N–H and O–H groups in total. The fourth-order valence-electron chi connectivity index (χ4n) is 2.04. The van der Waals surface area contributed by atoms with E-state index in [0.717, 1.165) is 24.8 Å². The first-order chi connectivity index (χ1) is 7.72. The summed E-state index contributed by atoms with van der Waals surface area (Å²) < 4.78 is 4.62. The molecule has 0 atom stereocenters. The third kappa shape index (κ3) is 1.57. The Morgan fingerprint density at radius 3 is 2.38 bits per heavy atom. The SMILES string of the molecule is COC(=O)c1ccc(C2(C#N)CCC2)cc1. The van der Waals surface area contributed by atoms with E-state index in [1.54, 1.807) is 12.1 Å². The van der Waals surface area contributed by atoms with Crippen LogP contribution in [0.15, 0.2) is 24.3 Å². The van der Waals surface area contributed by atoms with Gasteiger partial charge >= 0.3 is 5.97 Å². The normalized spacial score (nSPS) is 17.0. The van der Waals surface area contributed by atoms with E-state index < -0.39 is 0 Å². The van der Waals surface area contributed by atoms with Crippen molar-refractivity contribution in [2.45, 2.75) is 24.7 Å². The molecule has 2 rings (SSSR count). The molecule has 0 aliphatic heterocycles. The molecule has 0 bridgehead atoms. The lowest BCUT2D eigenvalue weighted by atomic mass is 9.65. The van der Waals surface area contributed by atoms with Crippen molar-refractivity contribution in [3.8, 4) is 6.07 Å². The van der Waals surface area contributed by atoms with Gasteiger partial charge in [0.1, 0.15) is 0 Å². The van der Waals surface area contributed by atoms with Crippen LogP contribution in [0.25, 0.3) is 0 Å². The number of nitrogens with zero attached hydrogens (tertiary/aromatic N) is 1. The molecule has 0 amide bonds. The summed E-state index contributed by atoms with van der Waals surface area (Å²) in [6.45, 7) is 0. The summed E-state index contributed by atoms with van der Waals surface area (Å²) >= 11 is 0. The number of carbonyl (C=O) groups excluding carboxylic acids is 1. The second-order valence-corrected chi connectivity index (χ2v) is 4.12. The first kappa shape index (κ1) is 10.7. The second-order valence-electron chi connectivity index (χ2n) is 4.12. The van der Waals surface area contributed by atoms with E-state index >= 15 is 0 Å². The minimum absolute atomic E-state index is 0.311. The topological polar surface area (TPSA) is 50.1 Å². The van der Waals surface area contributed by atoms with E-state index in [9.17, 15) is 10.1 Å². The average molecular weight is 215 g/mol. The molecule has 3 nitrogen and oxygen atoms in total. The number of hydrogen-bond donors (Lipinski definition) is 0. The molecule has 0 radical (unpaired) electrons. The maximum Gasteiger partial charge on any atom is 0.337 e. The Hall–Kier alpha value is -1.82. The Labute approximate surface area is 94.6 Å². The summed E-state index contributed by atoms with van der Waals surface area (Å²) in [5, 5.41) is 9.17. The van der Waals surface area contributed by atoms with Crippen molar-refractivity contribution in [3.05, 3.63) is 35.4 Å². The Balaban J connectivity index is 2.26. The lowest BCUT2D eigenvalue weighted by molar-refractivity contribution is 0.0600. The van der Waals surface area contributed by atoms with Gasteiger partial charge < -0.3 is 4.74 Å². The quantitative estimate of drug-likeness (QED) is 0.712. The van der Waals surface area contributed by atoms with Crippen LogP contribution in [0.3, 0.4) is 0 Å². The zero-order valence-corrected chi connectivity index (χ0v) is 9.19. The van der Waals surface area contributed by atoms with Crippen LogP contribution in [0.4, 0.5) is 0 Å². The number of hydrogen-bond acceptors (Lipinski definition) is 3. The zero-order chi connectivity index (χ0) is 11.6. The summed E-state index contributed by atoms with van der Waals surface area (Å²) in [7, 11) is 1.36. The maximum absolute atomic E-state index is 11.2. The summed E-state index contributed by atoms with van der Waals surface area (Å²) in [6.07, 6.45) is 2.94. The Bertz CT molecular complexity index is 438. The van der Waals surface area contributed by atoms with E-state index in [-0.39, 0.29) is 11.4 Å². The van der Waals surface area contributed by atoms with E-state index in [0.29, 0.717) is 5.56 Å². The smallest absolute Gasteiger partial charge is 0.337 e. The fraction of sp³-hybridized carbons (Fsp3) is 0.385. The lowest BCUT2D eigenvalue weighted by Gasteiger charge is -2.35. The van der Waals surface area contributed by atoms with Crippen molar-refractivity contribution < 1.29 is 9.53 Å². The van der Waals surface area contributed by atoms with Gasteiger partial charge in [-0.25, -0.2) is 4.79 Å². The monoisotopic (exact) mass is 215 g/mol. The first-order valence-corrected chi connectivity index (χ1v) is 5.32. The second kappa shape index (κ2) is 3.97. The minimum atomic E-state index is -0.342. The first-order valence-electron chi connectivity index (χ1n) is 5.32.